The molecule has 2 aromatic carbocycles. The van der Waals surface area contributed by atoms with E-state index in [2.05, 4.69) is 0 Å². The highest BCUT2D eigenvalue weighted by molar-refractivity contribution is 5.49. The van der Waals surface area contributed by atoms with Gasteiger partial charge >= 0.3 is 12.4 Å². The van der Waals surface area contributed by atoms with Crippen molar-refractivity contribution >= 4 is 0 Å². The van der Waals surface area contributed by atoms with Gasteiger partial charge in [0, 0.05) is 12.6 Å². The van der Waals surface area contributed by atoms with Gasteiger partial charge in [-0.1, -0.05) is 49.2 Å². The predicted octanol–water partition coefficient (Wildman–Crippen LogP) is 7.98. The minimum Gasteiger partial charge on any atom is -0.299 e. The molecule has 0 aliphatic heterocycles. The van der Waals surface area contributed by atoms with E-state index < -0.39 is 40.4 Å². The van der Waals surface area contributed by atoms with Crippen LogP contribution in [0.3, 0.4) is 0 Å². The topological polar surface area (TPSA) is 27.0 Å². The van der Waals surface area contributed by atoms with Crippen LogP contribution in [0.2, 0.25) is 0 Å². The molecule has 0 spiro atoms. The molecule has 1 aliphatic carbocycles. The Kier molecular flexibility index (Phi) is 8.21. The van der Waals surface area contributed by atoms with Crippen LogP contribution in [-0.2, 0) is 24.3 Å². The second-order valence-electron chi connectivity index (χ2n) is 9.58. The first-order chi connectivity index (χ1) is 16.4. The molecule has 0 bridgehead atoms. The molecule has 8 heteroatoms. The molecule has 0 aromatic heterocycles. The molecule has 3 rings (SSSR count). The van der Waals surface area contributed by atoms with Crippen LogP contribution in [0.25, 0.3) is 0 Å². The van der Waals surface area contributed by atoms with Gasteiger partial charge in [-0.05, 0) is 68.8 Å². The van der Waals surface area contributed by atoms with Crippen LogP contribution in [0.15, 0.2) is 48.5 Å². The van der Waals surface area contributed by atoms with Crippen LogP contribution >= 0.6 is 0 Å². The van der Waals surface area contributed by atoms with Crippen molar-refractivity contribution in [3.8, 4) is 6.07 Å². The maximum atomic E-state index is 14.1. The van der Waals surface area contributed by atoms with Crippen LogP contribution in [0, 0.1) is 17.2 Å². The Morgan fingerprint density at radius 2 is 1.46 bits per heavy atom. The fourth-order valence-electron chi connectivity index (χ4n) is 5.34. The van der Waals surface area contributed by atoms with E-state index in [1.807, 2.05) is 55.3 Å². The molecule has 0 heterocycles. The summed E-state index contributed by atoms with van der Waals surface area (Å²) in [7, 11) is 1.87. The van der Waals surface area contributed by atoms with E-state index in [0.717, 1.165) is 11.6 Å². The van der Waals surface area contributed by atoms with Crippen molar-refractivity contribution in [3.05, 3.63) is 70.8 Å². The van der Waals surface area contributed by atoms with E-state index in [0.29, 0.717) is 44.4 Å². The first kappa shape index (κ1) is 27.1. The van der Waals surface area contributed by atoms with Gasteiger partial charge < -0.3 is 0 Å². The van der Waals surface area contributed by atoms with Crippen LogP contribution in [0.5, 0.6) is 0 Å². The lowest BCUT2D eigenvalue weighted by Gasteiger charge is -2.38. The lowest BCUT2D eigenvalue weighted by Crippen LogP contribution is -2.39. The third kappa shape index (κ3) is 6.00. The lowest BCUT2D eigenvalue weighted by molar-refractivity contribution is -0.145. The quantitative estimate of drug-likeness (QED) is 0.347. The van der Waals surface area contributed by atoms with E-state index in [9.17, 15) is 31.6 Å². The van der Waals surface area contributed by atoms with Gasteiger partial charge in [0.25, 0.3) is 0 Å². The number of hydrogen-bond acceptors (Lipinski definition) is 2. The Balaban J connectivity index is 2.04. The molecule has 1 fully saturated rings. The molecule has 2 unspecified atom stereocenters. The highest BCUT2D eigenvalue weighted by Crippen LogP contribution is 2.52. The van der Waals surface area contributed by atoms with Gasteiger partial charge in [0.2, 0.25) is 0 Å². The maximum absolute atomic E-state index is 14.1. The molecule has 0 amide bonds. The second kappa shape index (κ2) is 10.6. The summed E-state index contributed by atoms with van der Waals surface area (Å²) in [5.74, 6) is -0.566. The Bertz CT molecular complexity index is 986. The molecule has 2 nitrogen and oxygen atoms in total. The minimum absolute atomic E-state index is 0.0787. The number of nitriles is 1. The summed E-state index contributed by atoms with van der Waals surface area (Å²) in [6.45, 7) is 2.47. The number of nitrogens with zero attached hydrogens (tertiary/aromatic N) is 2. The predicted molar refractivity (Wildman–Crippen MR) is 122 cm³/mol. The average Bonchev–Trinajstić information content (AvgIpc) is 3.34. The summed E-state index contributed by atoms with van der Waals surface area (Å²) in [5, 5.41) is 10.4. The van der Waals surface area contributed by atoms with Crippen molar-refractivity contribution in [2.45, 2.75) is 75.8 Å². The largest absolute Gasteiger partial charge is 0.416 e. The van der Waals surface area contributed by atoms with E-state index in [1.165, 1.54) is 0 Å². The van der Waals surface area contributed by atoms with Crippen molar-refractivity contribution in [1.29, 1.82) is 5.26 Å². The van der Waals surface area contributed by atoms with E-state index in [4.69, 9.17) is 0 Å². The molecule has 35 heavy (non-hydrogen) atoms. The minimum atomic E-state index is -5.01. The molecule has 0 radical (unpaired) electrons. The average molecular weight is 497 g/mol. The number of rotatable bonds is 8. The van der Waals surface area contributed by atoms with Gasteiger partial charge in [0.05, 0.1) is 22.6 Å². The summed E-state index contributed by atoms with van der Waals surface area (Å²) >= 11 is 0. The normalized spacial score (nSPS) is 17.8. The highest BCUT2D eigenvalue weighted by Gasteiger charge is 2.52. The molecule has 0 saturated heterocycles. The first-order valence-corrected chi connectivity index (χ1v) is 11.8. The van der Waals surface area contributed by atoms with E-state index >= 15 is 0 Å². The fourth-order valence-corrected chi connectivity index (χ4v) is 5.34. The number of alkyl halides is 6. The highest BCUT2D eigenvalue weighted by atomic mass is 19.4. The molecule has 190 valence electrons. The zero-order valence-corrected chi connectivity index (χ0v) is 19.9. The Labute approximate surface area is 202 Å². The summed E-state index contributed by atoms with van der Waals surface area (Å²) in [6.07, 6.45) is -7.56. The molecule has 1 saturated carbocycles. The summed E-state index contributed by atoms with van der Waals surface area (Å²) in [6, 6.07) is 13.6. The monoisotopic (exact) mass is 496 g/mol. The standard InChI is InChI=1S/C27H30F6N2/c1-19(35(2)17-20-9-4-3-5-10-20)15-16-25(18-34,21-11-6-7-12-21)24-22(26(28,29)30)13-8-14-23(24)27(31,32)33/h3-5,8-10,13-14,19,21H,6-7,11-12,15-17H2,1-2H3. The third-order valence-corrected chi connectivity index (χ3v) is 7.36. The van der Waals surface area contributed by atoms with Gasteiger partial charge in [-0.15, -0.1) is 0 Å². The molecule has 1 aliphatic rings. The van der Waals surface area contributed by atoms with Crippen LogP contribution in [-0.4, -0.2) is 18.0 Å². The second-order valence-corrected chi connectivity index (χ2v) is 9.58. The van der Waals surface area contributed by atoms with Gasteiger partial charge in [-0.2, -0.15) is 31.6 Å². The molecule has 0 N–H and O–H groups in total. The molecular formula is C27H30F6N2. The number of benzene rings is 2. The van der Waals surface area contributed by atoms with Gasteiger partial charge in [-0.3, -0.25) is 4.90 Å². The van der Waals surface area contributed by atoms with Crippen LogP contribution in [0.1, 0.15) is 67.7 Å². The summed E-state index contributed by atoms with van der Waals surface area (Å²) in [5.41, 5.74) is -4.44. The SMILES string of the molecule is CC(CCC(C#N)(c1c(C(F)(F)F)cccc1C(F)(F)F)C1CCCC1)N(C)Cc1ccccc1. The van der Waals surface area contributed by atoms with Crippen molar-refractivity contribution in [2.75, 3.05) is 7.05 Å². The molecule has 2 aromatic rings. The summed E-state index contributed by atoms with van der Waals surface area (Å²) < 4.78 is 84.3. The zero-order valence-electron chi connectivity index (χ0n) is 19.9. The maximum Gasteiger partial charge on any atom is 0.416 e. The van der Waals surface area contributed by atoms with Gasteiger partial charge in [0.1, 0.15) is 0 Å². The molecule has 2 atom stereocenters. The number of hydrogen-bond donors (Lipinski definition) is 0. The Morgan fingerprint density at radius 3 is 1.94 bits per heavy atom. The lowest BCUT2D eigenvalue weighted by atomic mass is 9.64. The van der Waals surface area contributed by atoms with Crippen molar-refractivity contribution in [1.82, 2.24) is 4.90 Å². The third-order valence-electron chi connectivity index (χ3n) is 7.36. The smallest absolute Gasteiger partial charge is 0.299 e. The van der Waals surface area contributed by atoms with Gasteiger partial charge in [0.15, 0.2) is 0 Å². The van der Waals surface area contributed by atoms with Crippen molar-refractivity contribution < 1.29 is 26.3 Å². The Hall–Kier alpha value is -2.53. The van der Waals surface area contributed by atoms with E-state index in [1.54, 1.807) is 0 Å². The van der Waals surface area contributed by atoms with E-state index in [-0.39, 0.29) is 18.9 Å². The van der Waals surface area contributed by atoms with Gasteiger partial charge in [-0.25, -0.2) is 0 Å². The van der Waals surface area contributed by atoms with Crippen molar-refractivity contribution in [2.24, 2.45) is 5.92 Å². The van der Waals surface area contributed by atoms with Crippen LogP contribution < -0.4 is 0 Å². The zero-order chi connectivity index (χ0) is 25.9. The first-order valence-electron chi connectivity index (χ1n) is 11.8. The Morgan fingerprint density at radius 1 is 0.914 bits per heavy atom. The van der Waals surface area contributed by atoms with Crippen LogP contribution in [0.4, 0.5) is 26.3 Å². The molecular weight excluding hydrogens is 466 g/mol. The number of halogens is 6. The fraction of sp³-hybridized carbons (Fsp3) is 0.519. The summed E-state index contributed by atoms with van der Waals surface area (Å²) in [4.78, 5) is 2.01. The van der Waals surface area contributed by atoms with Crippen molar-refractivity contribution in [3.63, 3.8) is 0 Å².